The fraction of sp³-hybridized carbons (Fsp3) is 0.650. The lowest BCUT2D eigenvalue weighted by molar-refractivity contribution is -0.124. The van der Waals surface area contributed by atoms with Crippen LogP contribution >= 0.6 is 0 Å². The smallest absolute Gasteiger partial charge is 0.230 e. The van der Waals surface area contributed by atoms with Crippen LogP contribution in [0.15, 0.2) is 24.3 Å². The van der Waals surface area contributed by atoms with Crippen molar-refractivity contribution in [2.24, 2.45) is 5.73 Å². The summed E-state index contributed by atoms with van der Waals surface area (Å²) in [6.45, 7) is 0. The second-order valence-corrected chi connectivity index (χ2v) is 8.09. The largest absolute Gasteiger partial charge is 0.353 e. The zero-order chi connectivity index (χ0) is 15.9. The van der Waals surface area contributed by atoms with Crippen molar-refractivity contribution in [3.05, 3.63) is 35.4 Å². The Morgan fingerprint density at radius 1 is 1.09 bits per heavy atom. The van der Waals surface area contributed by atoms with E-state index in [0.29, 0.717) is 6.04 Å². The van der Waals surface area contributed by atoms with Gasteiger partial charge in [0, 0.05) is 11.6 Å². The van der Waals surface area contributed by atoms with Gasteiger partial charge in [-0.25, -0.2) is 0 Å². The Labute approximate surface area is 139 Å². The van der Waals surface area contributed by atoms with Gasteiger partial charge in [0.25, 0.3) is 0 Å². The van der Waals surface area contributed by atoms with E-state index in [4.69, 9.17) is 5.73 Å². The van der Waals surface area contributed by atoms with E-state index in [0.717, 1.165) is 44.9 Å². The molecule has 23 heavy (non-hydrogen) atoms. The molecule has 3 heteroatoms. The SMILES string of the molecule is NC1(Cc2ccccc2C2(C(=O)NC3CCCCC3)CC2)CC1. The van der Waals surface area contributed by atoms with Gasteiger partial charge in [0.2, 0.25) is 5.91 Å². The number of hydrogen-bond donors (Lipinski definition) is 2. The first-order chi connectivity index (χ1) is 11.1. The summed E-state index contributed by atoms with van der Waals surface area (Å²) in [6.07, 6.45) is 11.2. The molecule has 0 aliphatic heterocycles. The second kappa shape index (κ2) is 5.62. The number of nitrogens with one attached hydrogen (secondary N) is 1. The molecule has 0 spiro atoms. The monoisotopic (exact) mass is 312 g/mol. The lowest BCUT2D eigenvalue weighted by Crippen LogP contribution is -2.43. The molecule has 1 aromatic carbocycles. The summed E-state index contributed by atoms with van der Waals surface area (Å²) in [5, 5.41) is 3.36. The third-order valence-corrected chi connectivity index (χ3v) is 6.09. The minimum Gasteiger partial charge on any atom is -0.353 e. The number of benzene rings is 1. The van der Waals surface area contributed by atoms with Crippen LogP contribution in [0.2, 0.25) is 0 Å². The Morgan fingerprint density at radius 2 is 1.78 bits per heavy atom. The molecule has 0 heterocycles. The number of carbonyl (C=O) groups is 1. The lowest BCUT2D eigenvalue weighted by atomic mass is 9.86. The Balaban J connectivity index is 1.53. The van der Waals surface area contributed by atoms with Gasteiger partial charge in [-0.1, -0.05) is 43.5 Å². The lowest BCUT2D eigenvalue weighted by Gasteiger charge is -2.27. The Hall–Kier alpha value is -1.35. The summed E-state index contributed by atoms with van der Waals surface area (Å²) in [7, 11) is 0. The van der Waals surface area contributed by atoms with Crippen LogP contribution in [0.5, 0.6) is 0 Å². The highest BCUT2D eigenvalue weighted by molar-refractivity contribution is 5.92. The van der Waals surface area contributed by atoms with Crippen molar-refractivity contribution in [1.29, 1.82) is 0 Å². The first-order valence-electron chi connectivity index (χ1n) is 9.30. The summed E-state index contributed by atoms with van der Waals surface area (Å²) < 4.78 is 0. The Bertz CT molecular complexity index is 595. The summed E-state index contributed by atoms with van der Waals surface area (Å²) in [6, 6.07) is 8.89. The highest BCUT2D eigenvalue weighted by Crippen LogP contribution is 2.51. The average Bonchev–Trinajstić information content (AvgIpc) is 3.47. The molecule has 1 amide bonds. The van der Waals surface area contributed by atoms with Crippen LogP contribution in [0.1, 0.15) is 68.9 Å². The maximum absolute atomic E-state index is 13.0. The van der Waals surface area contributed by atoms with Crippen molar-refractivity contribution in [3.63, 3.8) is 0 Å². The van der Waals surface area contributed by atoms with Gasteiger partial charge >= 0.3 is 0 Å². The van der Waals surface area contributed by atoms with Gasteiger partial charge in [-0.15, -0.1) is 0 Å². The van der Waals surface area contributed by atoms with Crippen molar-refractivity contribution in [3.8, 4) is 0 Å². The summed E-state index contributed by atoms with van der Waals surface area (Å²) in [5.41, 5.74) is 8.60. The highest BCUT2D eigenvalue weighted by atomic mass is 16.2. The minimum atomic E-state index is -0.265. The van der Waals surface area contributed by atoms with Gasteiger partial charge in [0.05, 0.1) is 5.41 Å². The molecule has 4 rings (SSSR count). The molecule has 124 valence electrons. The maximum atomic E-state index is 13.0. The number of hydrogen-bond acceptors (Lipinski definition) is 2. The van der Waals surface area contributed by atoms with Gasteiger partial charge in [0.15, 0.2) is 0 Å². The van der Waals surface area contributed by atoms with Gasteiger partial charge in [0.1, 0.15) is 0 Å². The van der Waals surface area contributed by atoms with Crippen molar-refractivity contribution < 1.29 is 4.79 Å². The quantitative estimate of drug-likeness (QED) is 0.877. The normalized spacial score (nSPS) is 24.9. The zero-order valence-corrected chi connectivity index (χ0v) is 13.9. The van der Waals surface area contributed by atoms with Crippen LogP contribution in [0.3, 0.4) is 0 Å². The average molecular weight is 312 g/mol. The van der Waals surface area contributed by atoms with E-state index in [1.54, 1.807) is 0 Å². The molecule has 0 saturated heterocycles. The Morgan fingerprint density at radius 3 is 2.43 bits per heavy atom. The molecule has 3 aliphatic rings. The predicted molar refractivity (Wildman–Crippen MR) is 92.2 cm³/mol. The summed E-state index contributed by atoms with van der Waals surface area (Å²) >= 11 is 0. The zero-order valence-electron chi connectivity index (χ0n) is 13.9. The van der Waals surface area contributed by atoms with Crippen LogP contribution in [0.4, 0.5) is 0 Å². The molecule has 0 bridgehead atoms. The second-order valence-electron chi connectivity index (χ2n) is 8.09. The Kier molecular flexibility index (Phi) is 3.72. The number of amides is 1. The van der Waals surface area contributed by atoms with E-state index in [1.165, 1.54) is 30.4 Å². The first-order valence-corrected chi connectivity index (χ1v) is 9.30. The van der Waals surface area contributed by atoms with E-state index >= 15 is 0 Å². The third kappa shape index (κ3) is 3.03. The van der Waals surface area contributed by atoms with Crippen molar-refractivity contribution >= 4 is 5.91 Å². The van der Waals surface area contributed by atoms with Gasteiger partial charge < -0.3 is 11.1 Å². The van der Waals surface area contributed by atoms with E-state index in [-0.39, 0.29) is 16.9 Å². The molecule has 3 N–H and O–H groups in total. The van der Waals surface area contributed by atoms with E-state index < -0.39 is 0 Å². The van der Waals surface area contributed by atoms with Crippen LogP contribution in [0, 0.1) is 0 Å². The number of carbonyl (C=O) groups excluding carboxylic acids is 1. The molecular formula is C20H28N2O. The first kappa shape index (κ1) is 15.2. The fourth-order valence-corrected chi connectivity index (χ4v) is 4.17. The van der Waals surface area contributed by atoms with Crippen LogP contribution in [-0.4, -0.2) is 17.5 Å². The molecule has 0 atom stereocenters. The maximum Gasteiger partial charge on any atom is 0.230 e. The molecular weight excluding hydrogens is 284 g/mol. The van der Waals surface area contributed by atoms with Crippen LogP contribution in [-0.2, 0) is 16.6 Å². The minimum absolute atomic E-state index is 0.00791. The predicted octanol–water partition coefficient (Wildman–Crippen LogP) is 3.20. The van der Waals surface area contributed by atoms with Crippen LogP contribution < -0.4 is 11.1 Å². The summed E-state index contributed by atoms with van der Waals surface area (Å²) in [4.78, 5) is 13.0. The van der Waals surface area contributed by atoms with Crippen molar-refractivity contribution in [2.75, 3.05) is 0 Å². The number of nitrogens with two attached hydrogens (primary N) is 1. The van der Waals surface area contributed by atoms with Crippen molar-refractivity contribution in [2.45, 2.75) is 81.2 Å². The molecule has 3 nitrogen and oxygen atoms in total. The number of rotatable bonds is 5. The third-order valence-electron chi connectivity index (χ3n) is 6.09. The van der Waals surface area contributed by atoms with Crippen LogP contribution in [0.25, 0.3) is 0 Å². The molecule has 3 saturated carbocycles. The highest BCUT2D eigenvalue weighted by Gasteiger charge is 2.53. The van der Waals surface area contributed by atoms with Gasteiger partial charge in [-0.2, -0.15) is 0 Å². The van der Waals surface area contributed by atoms with Gasteiger partial charge in [-0.05, 0) is 56.1 Å². The van der Waals surface area contributed by atoms with E-state index in [1.807, 2.05) is 0 Å². The molecule has 0 radical (unpaired) electrons. The van der Waals surface area contributed by atoms with Crippen molar-refractivity contribution in [1.82, 2.24) is 5.32 Å². The topological polar surface area (TPSA) is 55.1 Å². The van der Waals surface area contributed by atoms with Gasteiger partial charge in [-0.3, -0.25) is 4.79 Å². The summed E-state index contributed by atoms with van der Waals surface area (Å²) in [5.74, 6) is 0.263. The molecule has 1 aromatic rings. The fourth-order valence-electron chi connectivity index (χ4n) is 4.17. The molecule has 0 aromatic heterocycles. The molecule has 3 fully saturated rings. The molecule has 3 aliphatic carbocycles. The van der Waals surface area contributed by atoms with E-state index in [9.17, 15) is 4.79 Å². The van der Waals surface area contributed by atoms with E-state index in [2.05, 4.69) is 29.6 Å². The standard InChI is InChI=1S/C20H28N2O/c21-19(10-11-19)14-15-6-4-5-9-17(15)20(12-13-20)18(23)22-16-7-2-1-3-8-16/h4-6,9,16H,1-3,7-8,10-14,21H2,(H,22,23). The molecule has 0 unspecified atom stereocenters.